The van der Waals surface area contributed by atoms with Gasteiger partial charge in [-0.05, 0) is 12.0 Å². The lowest BCUT2D eigenvalue weighted by molar-refractivity contribution is -0.380. The zero-order valence-electron chi connectivity index (χ0n) is 13.8. The van der Waals surface area contributed by atoms with Gasteiger partial charge in [0.15, 0.2) is 0 Å². The number of benzene rings is 1. The first-order valence-electron chi connectivity index (χ1n) is 7.55. The van der Waals surface area contributed by atoms with Gasteiger partial charge in [0, 0.05) is 12.3 Å². The number of rotatable bonds is 7. The normalized spacial score (nSPS) is 18.3. The number of hydrogen-bond acceptors (Lipinski definition) is 1. The van der Waals surface area contributed by atoms with Crippen LogP contribution in [0.15, 0.2) is 30.3 Å². The number of ether oxygens (including phenoxy) is 1. The molecule has 0 radical (unpaired) electrons. The van der Waals surface area contributed by atoms with Crippen molar-refractivity contribution in [2.75, 3.05) is 0 Å². The summed E-state index contributed by atoms with van der Waals surface area (Å²) in [6.07, 6.45) is -18.7. The van der Waals surface area contributed by atoms with Crippen LogP contribution in [0.2, 0.25) is 0 Å². The molecule has 0 heterocycles. The number of alkyl halides is 9. The van der Waals surface area contributed by atoms with Crippen molar-refractivity contribution in [3.63, 3.8) is 0 Å². The van der Waals surface area contributed by atoms with Gasteiger partial charge in [0.2, 0.25) is 0 Å². The lowest BCUT2D eigenvalue weighted by Gasteiger charge is -2.41. The second-order valence-corrected chi connectivity index (χ2v) is 5.94. The van der Waals surface area contributed by atoms with Gasteiger partial charge >= 0.3 is 12.5 Å². The predicted octanol–water partition coefficient (Wildman–Crippen LogP) is 6.40. The van der Waals surface area contributed by atoms with Gasteiger partial charge in [-0.2, -0.15) is 13.2 Å². The lowest BCUT2D eigenvalue weighted by atomic mass is 9.76. The summed E-state index contributed by atoms with van der Waals surface area (Å²) < 4.78 is 121. The summed E-state index contributed by atoms with van der Waals surface area (Å²) in [5.41, 5.74) is -2.66. The molecule has 0 spiro atoms. The molecule has 3 unspecified atom stereocenters. The third kappa shape index (κ3) is 5.52. The Balaban J connectivity index is 3.36. The summed E-state index contributed by atoms with van der Waals surface area (Å²) >= 11 is 0. The van der Waals surface area contributed by atoms with Gasteiger partial charge in [-0.3, -0.25) is 4.74 Å². The standard InChI is InChI=1S/C16H17F9O/c1-3-13(26-16(23,24)25,10(2)11-7-5-4-6-8-11)9-14(18,19)12(17)15(20,21)22/h4-8,10,12H,3,9H2,1-2H3. The number of halogens is 9. The van der Waals surface area contributed by atoms with Crippen molar-refractivity contribution in [3.05, 3.63) is 35.9 Å². The molecule has 0 aliphatic heterocycles. The van der Waals surface area contributed by atoms with Crippen LogP contribution in [0.4, 0.5) is 39.5 Å². The first-order chi connectivity index (χ1) is 11.6. The van der Waals surface area contributed by atoms with Crippen molar-refractivity contribution in [3.8, 4) is 0 Å². The Morgan fingerprint density at radius 2 is 1.42 bits per heavy atom. The van der Waals surface area contributed by atoms with E-state index in [4.69, 9.17) is 0 Å². The van der Waals surface area contributed by atoms with Gasteiger partial charge < -0.3 is 0 Å². The Labute approximate surface area is 144 Å². The van der Waals surface area contributed by atoms with Gasteiger partial charge in [0.1, 0.15) is 0 Å². The maximum absolute atomic E-state index is 13.9. The topological polar surface area (TPSA) is 9.23 Å². The van der Waals surface area contributed by atoms with Crippen LogP contribution in [0.1, 0.15) is 38.2 Å². The van der Waals surface area contributed by atoms with Crippen molar-refractivity contribution in [2.45, 2.75) is 62.8 Å². The van der Waals surface area contributed by atoms with Crippen molar-refractivity contribution < 1.29 is 44.3 Å². The lowest BCUT2D eigenvalue weighted by Crippen LogP contribution is -2.51. The molecule has 0 aliphatic carbocycles. The van der Waals surface area contributed by atoms with Crippen LogP contribution in [0.25, 0.3) is 0 Å². The van der Waals surface area contributed by atoms with Crippen LogP contribution >= 0.6 is 0 Å². The molecule has 0 aromatic heterocycles. The molecule has 26 heavy (non-hydrogen) atoms. The van der Waals surface area contributed by atoms with Crippen molar-refractivity contribution in [1.82, 2.24) is 0 Å². The fourth-order valence-electron chi connectivity index (χ4n) is 2.78. The van der Waals surface area contributed by atoms with E-state index in [0.717, 1.165) is 13.8 Å². The monoisotopic (exact) mass is 396 g/mol. The second kappa shape index (κ2) is 7.66. The molecule has 150 valence electrons. The Morgan fingerprint density at radius 1 is 0.923 bits per heavy atom. The summed E-state index contributed by atoms with van der Waals surface area (Å²) in [5.74, 6) is -6.50. The average molecular weight is 396 g/mol. The average Bonchev–Trinajstić information content (AvgIpc) is 2.51. The van der Waals surface area contributed by atoms with E-state index >= 15 is 0 Å². The van der Waals surface area contributed by atoms with Crippen molar-refractivity contribution in [1.29, 1.82) is 0 Å². The van der Waals surface area contributed by atoms with Gasteiger partial charge in [-0.1, -0.05) is 44.2 Å². The Bertz CT molecular complexity index is 567. The van der Waals surface area contributed by atoms with E-state index in [2.05, 4.69) is 4.74 Å². The summed E-state index contributed by atoms with van der Waals surface area (Å²) in [4.78, 5) is 0. The minimum absolute atomic E-state index is 0.136. The highest BCUT2D eigenvalue weighted by atomic mass is 19.4. The van der Waals surface area contributed by atoms with Gasteiger partial charge in [-0.25, -0.2) is 13.2 Å². The number of hydrogen-bond donors (Lipinski definition) is 0. The SMILES string of the molecule is CCC(CC(F)(F)C(F)C(F)(F)F)(OC(F)(F)F)C(C)c1ccccc1. The third-order valence-electron chi connectivity index (χ3n) is 4.20. The van der Waals surface area contributed by atoms with Crippen molar-refractivity contribution >= 4 is 0 Å². The molecule has 0 fully saturated rings. The molecule has 0 bridgehead atoms. The van der Waals surface area contributed by atoms with Crippen molar-refractivity contribution in [2.24, 2.45) is 0 Å². The summed E-state index contributed by atoms with van der Waals surface area (Å²) in [6, 6.07) is 7.01. The predicted molar refractivity (Wildman–Crippen MR) is 75.5 cm³/mol. The van der Waals surface area contributed by atoms with E-state index in [1.54, 1.807) is 0 Å². The molecule has 1 rings (SSSR count). The highest BCUT2D eigenvalue weighted by molar-refractivity contribution is 5.23. The molecule has 0 aliphatic rings. The smallest absolute Gasteiger partial charge is 0.284 e. The van der Waals surface area contributed by atoms with E-state index < -0.39 is 49.0 Å². The molecule has 1 aromatic carbocycles. The van der Waals surface area contributed by atoms with Crippen LogP contribution in [0.5, 0.6) is 0 Å². The molecule has 0 amide bonds. The first-order valence-corrected chi connectivity index (χ1v) is 7.55. The summed E-state index contributed by atoms with van der Waals surface area (Å²) in [7, 11) is 0. The molecule has 1 nitrogen and oxygen atoms in total. The Morgan fingerprint density at radius 3 is 1.81 bits per heavy atom. The Hall–Kier alpha value is -1.45. The quantitative estimate of drug-likeness (QED) is 0.485. The zero-order chi connectivity index (χ0) is 20.4. The minimum Gasteiger partial charge on any atom is -0.284 e. The second-order valence-electron chi connectivity index (χ2n) is 5.94. The van der Waals surface area contributed by atoms with E-state index in [1.807, 2.05) is 0 Å². The molecule has 0 saturated carbocycles. The Kier molecular flexibility index (Phi) is 6.65. The maximum Gasteiger partial charge on any atom is 0.523 e. The first kappa shape index (κ1) is 22.6. The molecular formula is C16H17F9O. The van der Waals surface area contributed by atoms with E-state index in [9.17, 15) is 39.5 Å². The van der Waals surface area contributed by atoms with Gasteiger partial charge in [-0.15, -0.1) is 13.2 Å². The summed E-state index contributed by atoms with van der Waals surface area (Å²) in [5, 5.41) is 0. The molecule has 0 saturated heterocycles. The minimum atomic E-state index is -5.92. The fraction of sp³-hybridized carbons (Fsp3) is 0.625. The van der Waals surface area contributed by atoms with E-state index in [1.165, 1.54) is 30.3 Å². The van der Waals surface area contributed by atoms with Crippen LogP contribution < -0.4 is 0 Å². The largest absolute Gasteiger partial charge is 0.523 e. The van der Waals surface area contributed by atoms with Gasteiger partial charge in [0.05, 0.1) is 5.60 Å². The summed E-state index contributed by atoms with van der Waals surface area (Å²) in [6.45, 7) is 2.17. The third-order valence-corrected chi connectivity index (χ3v) is 4.20. The van der Waals surface area contributed by atoms with Crippen LogP contribution in [-0.2, 0) is 4.74 Å². The molecule has 0 N–H and O–H groups in total. The van der Waals surface area contributed by atoms with Crippen LogP contribution in [0.3, 0.4) is 0 Å². The zero-order valence-corrected chi connectivity index (χ0v) is 13.8. The van der Waals surface area contributed by atoms with E-state index in [0.29, 0.717) is 0 Å². The fourth-order valence-corrected chi connectivity index (χ4v) is 2.78. The molecule has 3 atom stereocenters. The van der Waals surface area contributed by atoms with Gasteiger partial charge in [0.25, 0.3) is 12.1 Å². The van der Waals surface area contributed by atoms with Crippen LogP contribution in [-0.4, -0.2) is 30.2 Å². The molecule has 1 aromatic rings. The highest BCUT2D eigenvalue weighted by Gasteiger charge is 2.61. The van der Waals surface area contributed by atoms with Crippen LogP contribution in [0, 0.1) is 0 Å². The highest BCUT2D eigenvalue weighted by Crippen LogP contribution is 2.48. The molecular weight excluding hydrogens is 379 g/mol. The van der Waals surface area contributed by atoms with E-state index in [-0.39, 0.29) is 5.56 Å². The maximum atomic E-state index is 13.9. The molecule has 10 heteroatoms.